The molecule has 128 valence electrons. The van der Waals surface area contributed by atoms with Gasteiger partial charge in [0.25, 0.3) is 5.56 Å². The van der Waals surface area contributed by atoms with Crippen LogP contribution in [0.3, 0.4) is 0 Å². The molecule has 2 saturated heterocycles. The largest absolute Gasteiger partial charge is 0.347 e. The van der Waals surface area contributed by atoms with Crippen LogP contribution in [0.25, 0.3) is 11.0 Å². The number of hydrogen-bond donors (Lipinski definition) is 0. The van der Waals surface area contributed by atoms with E-state index in [2.05, 4.69) is 10.1 Å². The second-order valence-corrected chi connectivity index (χ2v) is 6.17. The number of hydrogen-bond acceptors (Lipinski definition) is 6. The molecule has 2 aromatic heterocycles. The molecule has 2 aromatic rings. The first-order valence-electron chi connectivity index (χ1n) is 8.01. The van der Waals surface area contributed by atoms with Crippen molar-refractivity contribution in [3.05, 3.63) is 22.9 Å². The fraction of sp³-hybridized carbons (Fsp3) is 0.600. The van der Waals surface area contributed by atoms with Gasteiger partial charge in [0, 0.05) is 33.0 Å². The molecule has 1 amide bonds. The minimum absolute atomic E-state index is 0.0224. The van der Waals surface area contributed by atoms with Gasteiger partial charge >= 0.3 is 0 Å². The lowest BCUT2D eigenvalue weighted by atomic mass is 10.0. The van der Waals surface area contributed by atoms with Crippen molar-refractivity contribution in [2.45, 2.75) is 25.2 Å². The number of aryl methyl sites for hydroxylation is 1. The molecule has 0 atom stereocenters. The van der Waals surface area contributed by atoms with E-state index in [9.17, 15) is 9.59 Å². The third-order valence-corrected chi connectivity index (χ3v) is 4.72. The third kappa shape index (κ3) is 2.49. The Kier molecular flexibility index (Phi) is 3.61. The summed E-state index contributed by atoms with van der Waals surface area (Å²) in [6.45, 7) is 2.33. The van der Waals surface area contributed by atoms with E-state index in [0.29, 0.717) is 50.2 Å². The van der Waals surface area contributed by atoms with Crippen LogP contribution < -0.4 is 5.56 Å². The molecule has 1 spiro atoms. The summed E-state index contributed by atoms with van der Waals surface area (Å²) in [6, 6.07) is 0. The number of rotatable bonds is 2. The van der Waals surface area contributed by atoms with Gasteiger partial charge in [0.05, 0.1) is 19.4 Å². The fourth-order valence-electron chi connectivity index (χ4n) is 3.31. The normalized spacial score (nSPS) is 20.1. The SMILES string of the molecule is Cn1ncc2c(=O)n(CC(=O)N3CCC4(CC3)OCCO4)cnc21. The molecule has 0 N–H and O–H groups in total. The maximum Gasteiger partial charge on any atom is 0.264 e. The van der Waals surface area contributed by atoms with Gasteiger partial charge in [0.2, 0.25) is 5.91 Å². The van der Waals surface area contributed by atoms with Gasteiger partial charge in [-0.25, -0.2) is 4.98 Å². The molecule has 9 heteroatoms. The molecular weight excluding hydrogens is 314 g/mol. The molecule has 2 aliphatic rings. The zero-order valence-electron chi connectivity index (χ0n) is 13.5. The summed E-state index contributed by atoms with van der Waals surface area (Å²) in [7, 11) is 1.72. The van der Waals surface area contributed by atoms with E-state index in [4.69, 9.17) is 9.47 Å². The number of nitrogens with zero attached hydrogens (tertiary/aromatic N) is 5. The van der Waals surface area contributed by atoms with Crippen LogP contribution in [-0.2, 0) is 27.9 Å². The van der Waals surface area contributed by atoms with Crippen LogP contribution in [0.2, 0.25) is 0 Å². The van der Waals surface area contributed by atoms with E-state index in [1.54, 1.807) is 11.9 Å². The maximum atomic E-state index is 12.5. The van der Waals surface area contributed by atoms with Gasteiger partial charge in [-0.05, 0) is 0 Å². The van der Waals surface area contributed by atoms with Crippen LogP contribution in [0.4, 0.5) is 0 Å². The summed E-state index contributed by atoms with van der Waals surface area (Å²) in [6.07, 6.45) is 4.20. The van der Waals surface area contributed by atoms with Crippen molar-refractivity contribution in [2.24, 2.45) is 7.05 Å². The highest BCUT2D eigenvalue weighted by molar-refractivity contribution is 5.77. The molecule has 0 aliphatic carbocycles. The number of fused-ring (bicyclic) bond motifs is 1. The zero-order chi connectivity index (χ0) is 16.7. The highest BCUT2D eigenvalue weighted by atomic mass is 16.7. The van der Waals surface area contributed by atoms with E-state index in [1.807, 2.05) is 0 Å². The number of amides is 1. The Labute approximate surface area is 137 Å². The molecule has 4 heterocycles. The summed E-state index contributed by atoms with van der Waals surface area (Å²) in [5.41, 5.74) is 0.261. The summed E-state index contributed by atoms with van der Waals surface area (Å²) >= 11 is 0. The Morgan fingerprint density at radius 1 is 1.29 bits per heavy atom. The smallest absolute Gasteiger partial charge is 0.264 e. The highest BCUT2D eigenvalue weighted by Crippen LogP contribution is 2.31. The van der Waals surface area contributed by atoms with E-state index in [1.165, 1.54) is 21.8 Å². The van der Waals surface area contributed by atoms with Crippen molar-refractivity contribution in [1.29, 1.82) is 0 Å². The summed E-state index contributed by atoms with van der Waals surface area (Å²) in [5, 5.41) is 4.44. The number of carbonyl (C=O) groups excluding carboxylic acids is 1. The van der Waals surface area contributed by atoms with Gasteiger partial charge < -0.3 is 14.4 Å². The van der Waals surface area contributed by atoms with Crippen LogP contribution in [-0.4, -0.2) is 62.2 Å². The van der Waals surface area contributed by atoms with Crippen molar-refractivity contribution in [1.82, 2.24) is 24.2 Å². The minimum atomic E-state index is -0.510. The second kappa shape index (κ2) is 5.67. The standard InChI is InChI=1S/C15H19N5O4/c1-18-13-11(8-17-18)14(22)20(10-16-13)9-12(21)19-4-2-15(3-5-19)23-6-7-24-15/h8,10H,2-7,9H2,1H3. The predicted octanol–water partition coefficient (Wildman–Crippen LogP) is -0.504. The molecule has 2 aliphatic heterocycles. The first-order chi connectivity index (χ1) is 11.6. The summed E-state index contributed by atoms with van der Waals surface area (Å²) < 4.78 is 14.2. The van der Waals surface area contributed by atoms with Gasteiger partial charge in [-0.15, -0.1) is 0 Å². The summed E-state index contributed by atoms with van der Waals surface area (Å²) in [4.78, 5) is 30.9. The molecule has 0 saturated carbocycles. The average molecular weight is 333 g/mol. The Balaban J connectivity index is 1.47. The second-order valence-electron chi connectivity index (χ2n) is 6.17. The summed E-state index contributed by atoms with van der Waals surface area (Å²) in [5.74, 6) is -0.612. The third-order valence-electron chi connectivity index (χ3n) is 4.72. The van der Waals surface area contributed by atoms with Gasteiger partial charge in [-0.3, -0.25) is 18.8 Å². The molecular formula is C15H19N5O4. The lowest BCUT2D eigenvalue weighted by Gasteiger charge is -2.37. The average Bonchev–Trinajstić information content (AvgIpc) is 3.19. The van der Waals surface area contributed by atoms with E-state index in [-0.39, 0.29) is 18.0 Å². The monoisotopic (exact) mass is 333 g/mol. The van der Waals surface area contributed by atoms with E-state index < -0.39 is 5.79 Å². The molecule has 0 radical (unpaired) electrons. The van der Waals surface area contributed by atoms with Crippen molar-refractivity contribution in [2.75, 3.05) is 26.3 Å². The molecule has 9 nitrogen and oxygen atoms in total. The van der Waals surface area contributed by atoms with Crippen LogP contribution in [0.1, 0.15) is 12.8 Å². The molecule has 4 rings (SSSR count). The van der Waals surface area contributed by atoms with Crippen LogP contribution in [0, 0.1) is 0 Å². The molecule has 2 fully saturated rings. The first-order valence-corrected chi connectivity index (χ1v) is 8.01. The number of piperidine rings is 1. The van der Waals surface area contributed by atoms with Gasteiger partial charge in [-0.1, -0.05) is 0 Å². The van der Waals surface area contributed by atoms with Gasteiger partial charge in [0.15, 0.2) is 11.4 Å². The van der Waals surface area contributed by atoms with Crippen LogP contribution >= 0.6 is 0 Å². The zero-order valence-corrected chi connectivity index (χ0v) is 13.5. The van der Waals surface area contributed by atoms with Crippen molar-refractivity contribution in [3.63, 3.8) is 0 Å². The number of ether oxygens (including phenoxy) is 2. The Morgan fingerprint density at radius 2 is 2.00 bits per heavy atom. The quantitative estimate of drug-likeness (QED) is 0.735. The van der Waals surface area contributed by atoms with Crippen LogP contribution in [0.15, 0.2) is 17.3 Å². The topological polar surface area (TPSA) is 91.5 Å². The lowest BCUT2D eigenvalue weighted by Crippen LogP contribution is -2.48. The van der Waals surface area contributed by atoms with Crippen LogP contribution in [0.5, 0.6) is 0 Å². The van der Waals surface area contributed by atoms with Crippen molar-refractivity contribution < 1.29 is 14.3 Å². The first kappa shape index (κ1) is 15.3. The van der Waals surface area contributed by atoms with Crippen molar-refractivity contribution in [3.8, 4) is 0 Å². The van der Waals surface area contributed by atoms with Gasteiger partial charge in [-0.2, -0.15) is 5.10 Å². The predicted molar refractivity (Wildman–Crippen MR) is 83.2 cm³/mol. The minimum Gasteiger partial charge on any atom is -0.347 e. The van der Waals surface area contributed by atoms with Gasteiger partial charge in [0.1, 0.15) is 18.3 Å². The number of aromatic nitrogens is 4. The lowest BCUT2D eigenvalue weighted by molar-refractivity contribution is -0.187. The number of likely N-dealkylation sites (tertiary alicyclic amines) is 1. The highest BCUT2D eigenvalue weighted by Gasteiger charge is 2.40. The maximum absolute atomic E-state index is 12.5. The Morgan fingerprint density at radius 3 is 2.71 bits per heavy atom. The molecule has 24 heavy (non-hydrogen) atoms. The fourth-order valence-corrected chi connectivity index (χ4v) is 3.31. The van der Waals surface area contributed by atoms with Crippen molar-refractivity contribution >= 4 is 16.9 Å². The van der Waals surface area contributed by atoms with E-state index >= 15 is 0 Å². The number of carbonyl (C=O) groups is 1. The van der Waals surface area contributed by atoms with E-state index in [0.717, 1.165) is 0 Å². The Bertz CT molecular complexity index is 826. The molecule has 0 aromatic carbocycles. The molecule has 0 bridgehead atoms. The molecule has 0 unspecified atom stereocenters. The Hall–Kier alpha value is -2.26.